The summed E-state index contributed by atoms with van der Waals surface area (Å²) >= 11 is 1.46. The summed E-state index contributed by atoms with van der Waals surface area (Å²) in [4.78, 5) is 9.24. The third-order valence-corrected chi connectivity index (χ3v) is 4.01. The molecule has 0 N–H and O–H groups in total. The van der Waals surface area contributed by atoms with Gasteiger partial charge in [0.2, 0.25) is 5.82 Å². The summed E-state index contributed by atoms with van der Waals surface area (Å²) in [5.41, 5.74) is 1.62. The van der Waals surface area contributed by atoms with Crippen molar-refractivity contribution in [1.82, 2.24) is 19.6 Å². The highest BCUT2D eigenvalue weighted by atomic mass is 32.2. The van der Waals surface area contributed by atoms with Crippen LogP contribution in [0.5, 0.6) is 0 Å². The number of thioether (sulfide) groups is 1. The number of aromatic nitrogens is 4. The minimum Gasteiger partial charge on any atom is -0.461 e. The molecule has 22 heavy (non-hydrogen) atoms. The maximum atomic E-state index is 5.38. The summed E-state index contributed by atoms with van der Waals surface area (Å²) in [6.07, 6.45) is 6.96. The molecule has 5 nitrogen and oxygen atoms in total. The first-order chi connectivity index (χ1) is 10.9. The van der Waals surface area contributed by atoms with Crippen molar-refractivity contribution in [2.45, 2.75) is 5.16 Å². The van der Waals surface area contributed by atoms with Crippen molar-refractivity contribution in [3.8, 4) is 23.9 Å². The SMILES string of the molecule is C#CCSc1nc2ccccc2c2nc(-c3ccco3)nn12. The van der Waals surface area contributed by atoms with Gasteiger partial charge in [0.25, 0.3) is 0 Å². The van der Waals surface area contributed by atoms with Crippen molar-refractivity contribution in [1.29, 1.82) is 0 Å². The highest BCUT2D eigenvalue weighted by Crippen LogP contribution is 2.26. The van der Waals surface area contributed by atoms with Crippen LogP contribution in [0.4, 0.5) is 0 Å². The fourth-order valence-electron chi connectivity index (χ4n) is 2.24. The minimum atomic E-state index is 0.524. The highest BCUT2D eigenvalue weighted by Gasteiger charge is 2.15. The standard InChI is InChI=1S/C16H10N4OS/c1-2-10-22-16-17-12-7-4-3-6-11(12)15-18-14(19-20(15)16)13-8-5-9-21-13/h1,3-9H,10H2. The van der Waals surface area contributed by atoms with E-state index in [2.05, 4.69) is 21.0 Å². The molecule has 0 aliphatic rings. The number of fused-ring (bicyclic) bond motifs is 3. The second kappa shape index (κ2) is 5.20. The Balaban J connectivity index is 2.02. The Bertz CT molecular complexity index is 998. The van der Waals surface area contributed by atoms with Gasteiger partial charge in [-0.2, -0.15) is 4.52 Å². The van der Waals surface area contributed by atoms with Crippen LogP contribution in [0.15, 0.2) is 52.2 Å². The molecule has 3 aromatic heterocycles. The van der Waals surface area contributed by atoms with Crippen LogP contribution in [0, 0.1) is 12.3 Å². The van der Waals surface area contributed by atoms with Crippen molar-refractivity contribution in [3.05, 3.63) is 42.7 Å². The molecule has 0 atom stereocenters. The Morgan fingerprint density at radius 3 is 2.91 bits per heavy atom. The van der Waals surface area contributed by atoms with E-state index >= 15 is 0 Å². The second-order valence-corrected chi connectivity index (χ2v) is 5.49. The zero-order valence-corrected chi connectivity index (χ0v) is 12.2. The summed E-state index contributed by atoms with van der Waals surface area (Å²) in [6.45, 7) is 0. The quantitative estimate of drug-likeness (QED) is 0.330. The second-order valence-electron chi connectivity index (χ2n) is 4.55. The zero-order valence-electron chi connectivity index (χ0n) is 11.4. The van der Waals surface area contributed by atoms with Crippen LogP contribution in [0.1, 0.15) is 0 Å². The molecule has 0 aliphatic carbocycles. The van der Waals surface area contributed by atoms with E-state index in [9.17, 15) is 0 Å². The van der Waals surface area contributed by atoms with Crippen LogP contribution >= 0.6 is 11.8 Å². The van der Waals surface area contributed by atoms with Gasteiger partial charge in [-0.1, -0.05) is 29.8 Å². The molecular weight excluding hydrogens is 296 g/mol. The lowest BCUT2D eigenvalue weighted by molar-refractivity contribution is 0.576. The maximum Gasteiger partial charge on any atom is 0.218 e. The van der Waals surface area contributed by atoms with E-state index in [1.54, 1.807) is 10.8 Å². The zero-order chi connectivity index (χ0) is 14.9. The molecule has 1 aromatic carbocycles. The van der Waals surface area contributed by atoms with Crippen molar-refractivity contribution in [2.24, 2.45) is 0 Å². The summed E-state index contributed by atoms with van der Waals surface area (Å²) in [6, 6.07) is 11.5. The number of hydrogen-bond acceptors (Lipinski definition) is 5. The van der Waals surface area contributed by atoms with Gasteiger partial charge < -0.3 is 4.42 Å². The molecule has 0 saturated carbocycles. The van der Waals surface area contributed by atoms with Gasteiger partial charge in [-0.05, 0) is 24.3 Å². The number of rotatable bonds is 3. The van der Waals surface area contributed by atoms with Crippen LogP contribution in [0.25, 0.3) is 28.1 Å². The molecule has 6 heteroatoms. The van der Waals surface area contributed by atoms with Gasteiger partial charge in [-0.25, -0.2) is 9.97 Å². The number of hydrogen-bond donors (Lipinski definition) is 0. The van der Waals surface area contributed by atoms with Crippen molar-refractivity contribution in [3.63, 3.8) is 0 Å². The summed E-state index contributed by atoms with van der Waals surface area (Å²) in [5, 5.41) is 6.18. The highest BCUT2D eigenvalue weighted by molar-refractivity contribution is 7.99. The lowest BCUT2D eigenvalue weighted by atomic mass is 10.2. The Morgan fingerprint density at radius 1 is 1.18 bits per heavy atom. The van der Waals surface area contributed by atoms with Gasteiger partial charge in [0.05, 0.1) is 17.5 Å². The molecule has 0 amide bonds. The van der Waals surface area contributed by atoms with Crippen molar-refractivity contribution < 1.29 is 4.42 Å². The predicted octanol–water partition coefficient (Wildman–Crippen LogP) is 3.26. The molecule has 3 heterocycles. The Hall–Kier alpha value is -2.78. The number of nitrogens with zero attached hydrogens (tertiary/aromatic N) is 4. The van der Waals surface area contributed by atoms with Crippen molar-refractivity contribution >= 4 is 28.3 Å². The van der Waals surface area contributed by atoms with E-state index in [1.165, 1.54) is 11.8 Å². The average Bonchev–Trinajstić information content (AvgIpc) is 3.21. The number of benzene rings is 1. The normalized spacial score (nSPS) is 11.0. The summed E-state index contributed by atoms with van der Waals surface area (Å²) < 4.78 is 7.11. The smallest absolute Gasteiger partial charge is 0.218 e. The number of furan rings is 1. The first kappa shape index (κ1) is 12.9. The molecule has 0 unspecified atom stereocenters. The van der Waals surface area contributed by atoms with Gasteiger partial charge >= 0.3 is 0 Å². The summed E-state index contributed by atoms with van der Waals surface area (Å²) in [5.74, 6) is 4.29. The first-order valence-electron chi connectivity index (χ1n) is 6.62. The average molecular weight is 306 g/mol. The minimum absolute atomic E-state index is 0.524. The molecule has 0 spiro atoms. The van der Waals surface area contributed by atoms with Gasteiger partial charge in [0, 0.05) is 5.39 Å². The van der Waals surface area contributed by atoms with E-state index in [0.717, 1.165) is 21.7 Å². The third-order valence-electron chi connectivity index (χ3n) is 3.18. The Kier molecular flexibility index (Phi) is 3.06. The lowest BCUT2D eigenvalue weighted by Crippen LogP contribution is -1.98. The van der Waals surface area contributed by atoms with Gasteiger partial charge in [-0.3, -0.25) is 0 Å². The molecule has 0 bridgehead atoms. The van der Waals surface area contributed by atoms with Crippen LogP contribution in [0.3, 0.4) is 0 Å². The molecule has 4 aromatic rings. The topological polar surface area (TPSA) is 56.2 Å². The van der Waals surface area contributed by atoms with E-state index in [4.69, 9.17) is 10.8 Å². The van der Waals surface area contributed by atoms with E-state index in [1.807, 2.05) is 36.4 Å². The van der Waals surface area contributed by atoms with Gasteiger partial charge in [-0.15, -0.1) is 11.5 Å². The third kappa shape index (κ3) is 2.03. The van der Waals surface area contributed by atoms with Crippen LogP contribution in [0.2, 0.25) is 0 Å². The molecular formula is C16H10N4OS. The monoisotopic (exact) mass is 306 g/mol. The Labute approximate surface area is 130 Å². The number of para-hydroxylation sites is 1. The largest absolute Gasteiger partial charge is 0.461 e. The molecule has 0 saturated heterocycles. The van der Waals surface area contributed by atoms with Gasteiger partial charge in [0.1, 0.15) is 0 Å². The van der Waals surface area contributed by atoms with Crippen LogP contribution in [-0.4, -0.2) is 25.3 Å². The molecule has 0 fully saturated rings. The molecule has 0 aliphatic heterocycles. The van der Waals surface area contributed by atoms with Crippen molar-refractivity contribution in [2.75, 3.05) is 5.75 Å². The van der Waals surface area contributed by atoms with Crippen LogP contribution in [-0.2, 0) is 0 Å². The van der Waals surface area contributed by atoms with E-state index < -0.39 is 0 Å². The first-order valence-corrected chi connectivity index (χ1v) is 7.61. The van der Waals surface area contributed by atoms with E-state index in [-0.39, 0.29) is 0 Å². The summed E-state index contributed by atoms with van der Waals surface area (Å²) in [7, 11) is 0. The molecule has 4 rings (SSSR count). The maximum absolute atomic E-state index is 5.38. The molecule has 106 valence electrons. The lowest BCUT2D eigenvalue weighted by Gasteiger charge is -2.04. The fraction of sp³-hybridized carbons (Fsp3) is 0.0625. The molecule has 0 radical (unpaired) electrons. The van der Waals surface area contributed by atoms with Gasteiger partial charge in [0.15, 0.2) is 16.6 Å². The van der Waals surface area contributed by atoms with E-state index in [0.29, 0.717) is 17.3 Å². The Morgan fingerprint density at radius 2 is 2.09 bits per heavy atom. The number of terminal acetylenes is 1. The van der Waals surface area contributed by atoms with Crippen LogP contribution < -0.4 is 0 Å². The predicted molar refractivity (Wildman–Crippen MR) is 85.5 cm³/mol. The fourth-order valence-corrected chi connectivity index (χ4v) is 2.87.